The third kappa shape index (κ3) is 3.55. The van der Waals surface area contributed by atoms with Gasteiger partial charge in [-0.1, -0.05) is 18.2 Å². The van der Waals surface area contributed by atoms with Crippen LogP contribution in [0.15, 0.2) is 59.4 Å². The van der Waals surface area contributed by atoms with Crippen molar-refractivity contribution < 1.29 is 4.79 Å². The van der Waals surface area contributed by atoms with Crippen molar-refractivity contribution in [3.8, 4) is 0 Å². The summed E-state index contributed by atoms with van der Waals surface area (Å²) in [7, 11) is 0. The summed E-state index contributed by atoms with van der Waals surface area (Å²) >= 11 is 0. The van der Waals surface area contributed by atoms with Crippen molar-refractivity contribution in [1.82, 2.24) is 4.98 Å². The standard InChI is InChI=1S/C20H21N3O2/c1-3-23(4-2)15-11-9-14(10-12-15)21-20(25)17-13-19(24)22-18-8-6-5-7-16(17)18/h5-13H,3-4H2,1-2H3,(H,21,25)(H,22,24). The Hall–Kier alpha value is -3.08. The van der Waals surface area contributed by atoms with E-state index in [1.165, 1.54) is 6.07 Å². The van der Waals surface area contributed by atoms with Gasteiger partial charge >= 0.3 is 0 Å². The molecule has 2 N–H and O–H groups in total. The number of anilines is 2. The van der Waals surface area contributed by atoms with Crippen molar-refractivity contribution in [3.63, 3.8) is 0 Å². The molecule has 0 bridgehead atoms. The van der Waals surface area contributed by atoms with Gasteiger partial charge in [0.05, 0.1) is 5.56 Å². The number of amides is 1. The van der Waals surface area contributed by atoms with Crippen LogP contribution in [-0.4, -0.2) is 24.0 Å². The number of hydrogen-bond donors (Lipinski definition) is 2. The summed E-state index contributed by atoms with van der Waals surface area (Å²) in [5, 5.41) is 3.59. The second-order valence-corrected chi connectivity index (χ2v) is 5.77. The third-order valence-electron chi connectivity index (χ3n) is 4.25. The Morgan fingerprint density at radius 3 is 2.40 bits per heavy atom. The molecule has 0 saturated heterocycles. The highest BCUT2D eigenvalue weighted by molar-refractivity contribution is 6.12. The lowest BCUT2D eigenvalue weighted by molar-refractivity contribution is 0.102. The number of nitrogens with zero attached hydrogens (tertiary/aromatic N) is 1. The third-order valence-corrected chi connectivity index (χ3v) is 4.25. The lowest BCUT2D eigenvalue weighted by Crippen LogP contribution is -2.21. The Balaban J connectivity index is 1.87. The predicted octanol–water partition coefficient (Wildman–Crippen LogP) is 3.63. The van der Waals surface area contributed by atoms with Crippen LogP contribution in [0.5, 0.6) is 0 Å². The van der Waals surface area contributed by atoms with Gasteiger partial charge in [-0.25, -0.2) is 0 Å². The van der Waals surface area contributed by atoms with Crippen molar-refractivity contribution in [2.24, 2.45) is 0 Å². The van der Waals surface area contributed by atoms with Crippen LogP contribution in [0.4, 0.5) is 11.4 Å². The average molecular weight is 335 g/mol. The number of H-pyrrole nitrogens is 1. The van der Waals surface area contributed by atoms with E-state index in [1.54, 1.807) is 6.07 Å². The fraction of sp³-hybridized carbons (Fsp3) is 0.200. The second kappa shape index (κ2) is 7.21. The Kier molecular flexibility index (Phi) is 4.84. The van der Waals surface area contributed by atoms with E-state index in [0.29, 0.717) is 16.8 Å². The van der Waals surface area contributed by atoms with Crippen LogP contribution in [0.2, 0.25) is 0 Å². The van der Waals surface area contributed by atoms with Gasteiger partial charge in [-0.3, -0.25) is 9.59 Å². The molecule has 0 spiro atoms. The molecule has 1 amide bonds. The first kappa shape index (κ1) is 16.8. The number of pyridine rings is 1. The molecule has 0 aliphatic carbocycles. The second-order valence-electron chi connectivity index (χ2n) is 5.77. The maximum Gasteiger partial charge on any atom is 0.256 e. The Labute approximate surface area is 146 Å². The van der Waals surface area contributed by atoms with Crippen molar-refractivity contribution in [2.75, 3.05) is 23.3 Å². The average Bonchev–Trinajstić information content (AvgIpc) is 2.63. The molecule has 5 nitrogen and oxygen atoms in total. The number of aromatic nitrogens is 1. The molecule has 0 aliphatic heterocycles. The zero-order valence-corrected chi connectivity index (χ0v) is 14.4. The van der Waals surface area contributed by atoms with Gasteiger partial charge in [0.1, 0.15) is 0 Å². The molecule has 1 aromatic heterocycles. The number of benzene rings is 2. The Morgan fingerprint density at radius 2 is 1.72 bits per heavy atom. The number of carbonyl (C=O) groups excluding carboxylic acids is 1. The first-order chi connectivity index (χ1) is 12.1. The lowest BCUT2D eigenvalue weighted by Gasteiger charge is -2.21. The van der Waals surface area contributed by atoms with E-state index in [9.17, 15) is 9.59 Å². The molecule has 0 fully saturated rings. The van der Waals surface area contributed by atoms with Crippen molar-refractivity contribution in [2.45, 2.75) is 13.8 Å². The molecule has 128 valence electrons. The van der Waals surface area contributed by atoms with Crippen molar-refractivity contribution >= 4 is 28.2 Å². The number of para-hydroxylation sites is 1. The zero-order chi connectivity index (χ0) is 17.8. The highest BCUT2D eigenvalue weighted by Gasteiger charge is 2.12. The van der Waals surface area contributed by atoms with Crippen LogP contribution in [0, 0.1) is 0 Å². The van der Waals surface area contributed by atoms with Crippen molar-refractivity contribution in [1.29, 1.82) is 0 Å². The number of carbonyl (C=O) groups is 1. The normalized spacial score (nSPS) is 10.6. The summed E-state index contributed by atoms with van der Waals surface area (Å²) in [5.41, 5.74) is 2.54. The van der Waals surface area contributed by atoms with Gasteiger partial charge in [0, 0.05) is 41.4 Å². The molecule has 0 unspecified atom stereocenters. The fourth-order valence-corrected chi connectivity index (χ4v) is 2.94. The van der Waals surface area contributed by atoms with E-state index in [4.69, 9.17) is 0 Å². The van der Waals surface area contributed by atoms with E-state index >= 15 is 0 Å². The molecule has 0 atom stereocenters. The molecule has 1 heterocycles. The first-order valence-electron chi connectivity index (χ1n) is 8.40. The largest absolute Gasteiger partial charge is 0.372 e. The SMILES string of the molecule is CCN(CC)c1ccc(NC(=O)c2cc(=O)[nH]c3ccccc23)cc1. The minimum absolute atomic E-state index is 0.291. The number of nitrogens with one attached hydrogen (secondary N) is 2. The Bertz CT molecular complexity index is 941. The minimum atomic E-state index is -0.294. The topological polar surface area (TPSA) is 65.2 Å². The van der Waals surface area contributed by atoms with Crippen molar-refractivity contribution in [3.05, 3.63) is 70.5 Å². The van der Waals surface area contributed by atoms with Gasteiger partial charge in [0.2, 0.25) is 5.56 Å². The van der Waals surface area contributed by atoms with E-state index in [0.717, 1.165) is 24.2 Å². The molecule has 25 heavy (non-hydrogen) atoms. The van der Waals surface area contributed by atoms with Crippen LogP contribution in [0.3, 0.4) is 0 Å². The zero-order valence-electron chi connectivity index (χ0n) is 14.4. The minimum Gasteiger partial charge on any atom is -0.372 e. The number of aromatic amines is 1. The highest BCUT2D eigenvalue weighted by atomic mass is 16.2. The van der Waals surface area contributed by atoms with E-state index in [-0.39, 0.29) is 11.5 Å². The van der Waals surface area contributed by atoms with Crippen LogP contribution in [0.1, 0.15) is 24.2 Å². The smallest absolute Gasteiger partial charge is 0.256 e. The molecule has 0 radical (unpaired) electrons. The molecule has 3 rings (SSSR count). The summed E-state index contributed by atoms with van der Waals surface area (Å²) < 4.78 is 0. The molecule has 0 aliphatic rings. The van der Waals surface area contributed by atoms with Crippen LogP contribution < -0.4 is 15.8 Å². The van der Waals surface area contributed by atoms with Crippen LogP contribution in [0.25, 0.3) is 10.9 Å². The summed E-state index contributed by atoms with van der Waals surface area (Å²) in [6.45, 7) is 6.08. The monoisotopic (exact) mass is 335 g/mol. The van der Waals surface area contributed by atoms with Gasteiger partial charge in [0.25, 0.3) is 5.91 Å². The number of hydrogen-bond acceptors (Lipinski definition) is 3. The number of rotatable bonds is 5. The van der Waals surface area contributed by atoms with Crippen LogP contribution in [-0.2, 0) is 0 Å². The van der Waals surface area contributed by atoms with Gasteiger partial charge in [-0.05, 0) is 44.2 Å². The summed E-state index contributed by atoms with van der Waals surface area (Å²) in [4.78, 5) is 29.4. The lowest BCUT2D eigenvalue weighted by atomic mass is 10.1. The maximum atomic E-state index is 12.6. The molecule has 2 aromatic carbocycles. The quantitative estimate of drug-likeness (QED) is 0.748. The van der Waals surface area contributed by atoms with Gasteiger partial charge in [-0.15, -0.1) is 0 Å². The molecular formula is C20H21N3O2. The van der Waals surface area contributed by atoms with E-state index < -0.39 is 0 Å². The van der Waals surface area contributed by atoms with E-state index in [2.05, 4.69) is 29.0 Å². The van der Waals surface area contributed by atoms with E-state index in [1.807, 2.05) is 42.5 Å². The molecule has 5 heteroatoms. The van der Waals surface area contributed by atoms with Crippen LogP contribution >= 0.6 is 0 Å². The maximum absolute atomic E-state index is 12.6. The van der Waals surface area contributed by atoms with Gasteiger partial charge in [-0.2, -0.15) is 0 Å². The molecular weight excluding hydrogens is 314 g/mol. The Morgan fingerprint density at radius 1 is 1.04 bits per heavy atom. The summed E-state index contributed by atoms with van der Waals surface area (Å²) in [6, 6.07) is 16.3. The predicted molar refractivity (Wildman–Crippen MR) is 103 cm³/mol. The highest BCUT2D eigenvalue weighted by Crippen LogP contribution is 2.20. The summed E-state index contributed by atoms with van der Waals surface area (Å²) in [5.74, 6) is -0.294. The molecule has 3 aromatic rings. The number of fused-ring (bicyclic) bond motifs is 1. The molecule has 0 saturated carbocycles. The fourth-order valence-electron chi connectivity index (χ4n) is 2.94. The first-order valence-corrected chi connectivity index (χ1v) is 8.40. The van der Waals surface area contributed by atoms with Gasteiger partial charge < -0.3 is 15.2 Å². The van der Waals surface area contributed by atoms with Gasteiger partial charge in [0.15, 0.2) is 0 Å². The summed E-state index contributed by atoms with van der Waals surface area (Å²) in [6.07, 6.45) is 0.